The fraction of sp³-hybridized carbons (Fsp3) is 0.810. The van der Waals surface area contributed by atoms with Gasteiger partial charge >= 0.3 is 5.97 Å². The number of cyclic esters (lactones) is 1. The molecule has 13 heteroatoms. The van der Waals surface area contributed by atoms with Crippen LogP contribution in [-0.2, 0) is 42.9 Å². The number of allylic oxidation sites excluding steroid dienone is 3. The predicted octanol–water partition coefficient (Wildman–Crippen LogP) is 5.47. The highest BCUT2D eigenvalue weighted by molar-refractivity contribution is 6.39. The summed E-state index contributed by atoms with van der Waals surface area (Å²) in [4.78, 5) is 57.3. The van der Waals surface area contributed by atoms with Crippen LogP contribution in [0.5, 0.6) is 0 Å². The minimum absolute atomic E-state index is 0.0281. The van der Waals surface area contributed by atoms with E-state index in [1.807, 2.05) is 32.9 Å². The lowest BCUT2D eigenvalue weighted by Gasteiger charge is -2.47. The molecule has 0 aromatic heterocycles. The molecule has 55 heavy (non-hydrogen) atoms. The van der Waals surface area contributed by atoms with Crippen LogP contribution in [0.4, 0.5) is 0 Å². The number of aliphatic hydroxyl groups excluding tert-OH is 1. The van der Waals surface area contributed by atoms with E-state index in [4.69, 9.17) is 35.3 Å². The third kappa shape index (κ3) is 11.3. The van der Waals surface area contributed by atoms with Gasteiger partial charge in [0.25, 0.3) is 11.7 Å². The van der Waals surface area contributed by atoms with Crippen LogP contribution in [0.25, 0.3) is 0 Å². The number of rotatable bonds is 6. The third-order valence-electron chi connectivity index (χ3n) is 12.3. The molecule has 3 heterocycles. The zero-order valence-corrected chi connectivity index (χ0v) is 34.9. The number of ether oxygens (including phenoxy) is 5. The Morgan fingerprint density at radius 3 is 2.29 bits per heavy atom. The molecule has 0 radical (unpaired) electrons. The van der Waals surface area contributed by atoms with E-state index in [2.05, 4.69) is 6.92 Å². The minimum atomic E-state index is -2.49. The van der Waals surface area contributed by atoms with Gasteiger partial charge in [-0.2, -0.15) is 0 Å². The predicted molar refractivity (Wildman–Crippen MR) is 207 cm³/mol. The summed E-state index contributed by atoms with van der Waals surface area (Å²) in [5.74, 6) is -6.57. The number of nitrogens with zero attached hydrogens (tertiary/aromatic N) is 1. The number of methoxy groups -OCH3 is 3. The Bertz CT molecular complexity index is 1400. The van der Waals surface area contributed by atoms with E-state index in [1.54, 1.807) is 14.0 Å². The first-order chi connectivity index (χ1) is 26.1. The maximum atomic E-state index is 14.2. The normalized spacial score (nSPS) is 40.7. The molecule has 4 rings (SSSR count). The molecule has 1 amide bonds. The highest BCUT2D eigenvalue weighted by atomic mass is 35.5. The van der Waals surface area contributed by atoms with Crippen molar-refractivity contribution >= 4 is 35.0 Å². The number of aliphatic hydroxyl groups is 2. The number of Topliss-reactive ketones (excluding diaryl/α,β-unsaturated/α-hetero) is 2. The van der Waals surface area contributed by atoms with E-state index in [0.29, 0.717) is 44.1 Å². The Morgan fingerprint density at radius 2 is 1.64 bits per heavy atom. The number of ketones is 2. The lowest BCUT2D eigenvalue weighted by Crippen LogP contribution is -2.64. The smallest absolute Gasteiger partial charge is 0.329 e. The van der Waals surface area contributed by atoms with Gasteiger partial charge in [-0.3, -0.25) is 14.4 Å². The van der Waals surface area contributed by atoms with Crippen molar-refractivity contribution in [2.75, 3.05) is 27.9 Å². The number of piperidine rings is 1. The Morgan fingerprint density at radius 1 is 0.964 bits per heavy atom. The van der Waals surface area contributed by atoms with Crippen molar-refractivity contribution < 1.29 is 53.1 Å². The standard InChI is InChI=1S/C42H66ClNO11/c1-9-29-17-24(2)16-25(3)18-36(52-7)38-37(53-8)20-27(5)42(50,55-38)39(47)40(48)44-15-11-10-12-32(44)41(49)54-34(23-30(45)22-33(29)46)26(4)19-28-13-14-31(43)35(21-28)51-6/h17,19,25,27-32,34-38,45,50H,9-16,18,20-23H2,1-8H3/b24-17+,26-19+/t25-,27+,28-,29+,30-,31?,32-,34-,35+,36-,37-,38+,42+/m0/s1. The summed E-state index contributed by atoms with van der Waals surface area (Å²) in [6.45, 7) is 9.56. The van der Waals surface area contributed by atoms with Gasteiger partial charge in [0, 0.05) is 52.6 Å². The molecule has 0 aromatic rings. The van der Waals surface area contributed by atoms with Crippen LogP contribution in [0.3, 0.4) is 0 Å². The molecule has 2 bridgehead atoms. The van der Waals surface area contributed by atoms with Crippen molar-refractivity contribution in [2.24, 2.45) is 23.7 Å². The Labute approximate surface area is 332 Å². The van der Waals surface area contributed by atoms with Crippen molar-refractivity contribution in [3.05, 3.63) is 23.3 Å². The van der Waals surface area contributed by atoms with Crippen LogP contribution in [0, 0.1) is 23.7 Å². The third-order valence-corrected chi connectivity index (χ3v) is 12.8. The monoisotopic (exact) mass is 795 g/mol. The van der Waals surface area contributed by atoms with Crippen molar-refractivity contribution in [2.45, 2.75) is 165 Å². The molecule has 1 unspecified atom stereocenters. The molecule has 2 N–H and O–H groups in total. The molecule has 3 fully saturated rings. The lowest BCUT2D eigenvalue weighted by atomic mass is 9.82. The fourth-order valence-corrected chi connectivity index (χ4v) is 9.40. The molecule has 1 aliphatic carbocycles. The second kappa shape index (κ2) is 20.5. The van der Waals surface area contributed by atoms with Crippen molar-refractivity contribution in [3.8, 4) is 0 Å². The summed E-state index contributed by atoms with van der Waals surface area (Å²) in [7, 11) is 4.71. The van der Waals surface area contributed by atoms with Gasteiger partial charge in [0.15, 0.2) is 0 Å². The summed E-state index contributed by atoms with van der Waals surface area (Å²) in [5.41, 5.74) is 1.71. The molecule has 12 nitrogen and oxygen atoms in total. The van der Waals surface area contributed by atoms with Gasteiger partial charge in [-0.05, 0) is 95.5 Å². The van der Waals surface area contributed by atoms with Gasteiger partial charge in [0.2, 0.25) is 5.79 Å². The van der Waals surface area contributed by atoms with Crippen LogP contribution in [0.1, 0.15) is 112 Å². The molecule has 0 spiro atoms. The molecule has 13 atom stereocenters. The number of fused-ring (bicyclic) bond motifs is 3. The molecule has 312 valence electrons. The van der Waals surface area contributed by atoms with Crippen molar-refractivity contribution in [3.63, 3.8) is 0 Å². The average Bonchev–Trinajstić information content (AvgIpc) is 3.16. The van der Waals surface area contributed by atoms with E-state index in [0.717, 1.165) is 18.4 Å². The van der Waals surface area contributed by atoms with Gasteiger partial charge in [-0.25, -0.2) is 4.79 Å². The van der Waals surface area contributed by atoms with E-state index in [1.165, 1.54) is 19.1 Å². The topological polar surface area (TPSA) is 158 Å². The summed E-state index contributed by atoms with van der Waals surface area (Å²) in [6, 6.07) is -1.10. The van der Waals surface area contributed by atoms with E-state index in [9.17, 15) is 29.4 Å². The van der Waals surface area contributed by atoms with E-state index in [-0.39, 0.29) is 61.3 Å². The Kier molecular flexibility index (Phi) is 16.9. The second-order valence-corrected chi connectivity index (χ2v) is 17.2. The second-order valence-electron chi connectivity index (χ2n) is 16.6. The van der Waals surface area contributed by atoms with Crippen LogP contribution >= 0.6 is 11.6 Å². The van der Waals surface area contributed by atoms with Crippen LogP contribution in [-0.4, -0.2) is 120 Å². The highest BCUT2D eigenvalue weighted by Crippen LogP contribution is 2.39. The molecular weight excluding hydrogens is 730 g/mol. The Balaban J connectivity index is 1.73. The van der Waals surface area contributed by atoms with Crippen LogP contribution < -0.4 is 0 Å². The first-order valence-electron chi connectivity index (χ1n) is 20.3. The van der Waals surface area contributed by atoms with Gasteiger partial charge in [0.05, 0.1) is 29.8 Å². The van der Waals surface area contributed by atoms with Gasteiger partial charge in [-0.15, -0.1) is 11.6 Å². The summed E-state index contributed by atoms with van der Waals surface area (Å²) in [6.07, 6.45) is 5.26. The fourth-order valence-electron chi connectivity index (χ4n) is 9.07. The van der Waals surface area contributed by atoms with Crippen molar-refractivity contribution in [1.29, 1.82) is 0 Å². The molecular formula is C42H66ClNO11. The highest BCUT2D eigenvalue weighted by Gasteiger charge is 2.56. The lowest BCUT2D eigenvalue weighted by molar-refractivity contribution is -0.302. The van der Waals surface area contributed by atoms with Crippen molar-refractivity contribution in [1.82, 2.24) is 4.90 Å². The zero-order chi connectivity index (χ0) is 40.6. The molecule has 3 aliphatic heterocycles. The van der Waals surface area contributed by atoms with Gasteiger partial charge < -0.3 is 38.8 Å². The molecule has 2 saturated heterocycles. The van der Waals surface area contributed by atoms with E-state index >= 15 is 0 Å². The quantitative estimate of drug-likeness (QED) is 0.152. The summed E-state index contributed by atoms with van der Waals surface area (Å²) < 4.78 is 29.7. The average molecular weight is 796 g/mol. The number of halogens is 1. The summed E-state index contributed by atoms with van der Waals surface area (Å²) >= 11 is 6.50. The molecule has 1 saturated carbocycles. The zero-order valence-electron chi connectivity index (χ0n) is 34.2. The maximum Gasteiger partial charge on any atom is 0.329 e. The van der Waals surface area contributed by atoms with Crippen LogP contribution in [0.15, 0.2) is 23.3 Å². The van der Waals surface area contributed by atoms with Gasteiger partial charge in [-0.1, -0.05) is 38.5 Å². The van der Waals surface area contributed by atoms with Gasteiger partial charge in [0.1, 0.15) is 24.0 Å². The van der Waals surface area contributed by atoms with Crippen LogP contribution in [0.2, 0.25) is 0 Å². The van der Waals surface area contributed by atoms with E-state index < -0.39 is 71.8 Å². The minimum Gasteiger partial charge on any atom is -0.456 e. The number of hydrogen-bond donors (Lipinski definition) is 2. The number of carbonyl (C=O) groups excluding carboxylic acids is 4. The molecule has 4 aliphatic rings. The number of hydrogen-bond acceptors (Lipinski definition) is 11. The number of amides is 1. The Hall–Kier alpha value is -2.19. The SMILES string of the molecule is CC[C@@H]1/C=C(\C)C[C@H](C)C[C@H](OC)[C@H]2O[C@@](O)(C(=O)C(=O)N3CCCC[C@H]3C(=O)O[C@H](/C(C)=C/[C@@H]3CCC(Cl)[C@H](OC)C3)C[C@@H](O)CC1=O)[C@H](C)C[C@@H]2OC. The summed E-state index contributed by atoms with van der Waals surface area (Å²) in [5, 5.41) is 23.3. The number of alkyl halides is 1. The number of esters is 1. The number of carbonyl (C=O) groups is 4. The largest absolute Gasteiger partial charge is 0.456 e. The molecule has 0 aromatic carbocycles. The first-order valence-corrected chi connectivity index (χ1v) is 20.7. The maximum absolute atomic E-state index is 14.2. The first kappa shape index (κ1) is 45.5.